The fourth-order valence-corrected chi connectivity index (χ4v) is 2.55. The molecule has 4 heteroatoms. The van der Waals surface area contributed by atoms with Gasteiger partial charge in [-0.3, -0.25) is 4.79 Å². The van der Waals surface area contributed by atoms with Gasteiger partial charge in [0.05, 0.1) is 0 Å². The van der Waals surface area contributed by atoms with Gasteiger partial charge in [0.1, 0.15) is 17.9 Å². The molecule has 0 amide bonds. The van der Waals surface area contributed by atoms with Crippen molar-refractivity contribution >= 4 is 5.97 Å². The van der Waals surface area contributed by atoms with Crippen LogP contribution in [-0.4, -0.2) is 29.8 Å². The summed E-state index contributed by atoms with van der Waals surface area (Å²) < 4.78 is 5.89. The molecule has 2 aromatic rings. The van der Waals surface area contributed by atoms with Gasteiger partial charge in [0.2, 0.25) is 0 Å². The average molecular weight is 283 g/mol. The highest BCUT2D eigenvalue weighted by Crippen LogP contribution is 2.25. The number of rotatable bonds is 4. The maximum atomic E-state index is 10.9. The van der Waals surface area contributed by atoms with Crippen LogP contribution < -0.4 is 10.1 Å². The third-order valence-corrected chi connectivity index (χ3v) is 3.63. The standard InChI is InChI=1S/C17H17NO3/c19-17(20)16-10-15(11-18-16)21-14-8-4-7-13(9-14)12-5-2-1-3-6-12/h1-9,15-16,18H,10-11H2,(H,19,20)/t15-,16+/m1/s1. The number of carboxylic acid groups (broad SMARTS) is 1. The minimum absolute atomic E-state index is 0.0999. The van der Waals surface area contributed by atoms with Gasteiger partial charge in [0.15, 0.2) is 0 Å². The Morgan fingerprint density at radius 1 is 1.10 bits per heavy atom. The van der Waals surface area contributed by atoms with Crippen molar-refractivity contribution in [3.8, 4) is 16.9 Å². The van der Waals surface area contributed by atoms with Gasteiger partial charge in [-0.05, 0) is 23.3 Å². The Kier molecular flexibility index (Phi) is 3.88. The molecule has 0 aliphatic carbocycles. The predicted molar refractivity (Wildman–Crippen MR) is 80.3 cm³/mol. The topological polar surface area (TPSA) is 58.6 Å². The second-order valence-corrected chi connectivity index (χ2v) is 5.17. The summed E-state index contributed by atoms with van der Waals surface area (Å²) in [5.41, 5.74) is 2.23. The van der Waals surface area contributed by atoms with Crippen LogP contribution >= 0.6 is 0 Å². The van der Waals surface area contributed by atoms with Crippen LogP contribution in [-0.2, 0) is 4.79 Å². The number of hydrogen-bond acceptors (Lipinski definition) is 3. The highest BCUT2D eigenvalue weighted by molar-refractivity contribution is 5.74. The largest absolute Gasteiger partial charge is 0.489 e. The molecule has 0 aromatic heterocycles. The van der Waals surface area contributed by atoms with E-state index in [1.807, 2.05) is 42.5 Å². The van der Waals surface area contributed by atoms with E-state index in [2.05, 4.69) is 17.4 Å². The molecule has 0 unspecified atom stereocenters. The van der Waals surface area contributed by atoms with Crippen molar-refractivity contribution < 1.29 is 14.6 Å². The molecule has 1 saturated heterocycles. The lowest BCUT2D eigenvalue weighted by atomic mass is 10.1. The van der Waals surface area contributed by atoms with E-state index in [1.165, 1.54) is 0 Å². The minimum Gasteiger partial charge on any atom is -0.489 e. The van der Waals surface area contributed by atoms with Crippen LogP contribution in [0.2, 0.25) is 0 Å². The van der Waals surface area contributed by atoms with Crippen molar-refractivity contribution in [2.75, 3.05) is 6.54 Å². The lowest BCUT2D eigenvalue weighted by Crippen LogP contribution is -2.30. The smallest absolute Gasteiger partial charge is 0.320 e. The zero-order chi connectivity index (χ0) is 14.7. The number of benzene rings is 2. The Bertz CT molecular complexity index is 627. The molecule has 1 aliphatic heterocycles. The molecule has 2 atom stereocenters. The van der Waals surface area contributed by atoms with Gasteiger partial charge in [-0.25, -0.2) is 0 Å². The van der Waals surface area contributed by atoms with Gasteiger partial charge in [-0.2, -0.15) is 0 Å². The Labute approximate surface area is 123 Å². The lowest BCUT2D eigenvalue weighted by Gasteiger charge is -2.13. The third kappa shape index (κ3) is 3.23. The van der Waals surface area contributed by atoms with Crippen molar-refractivity contribution in [1.82, 2.24) is 5.32 Å². The molecular formula is C17H17NO3. The quantitative estimate of drug-likeness (QED) is 0.905. The lowest BCUT2D eigenvalue weighted by molar-refractivity contribution is -0.139. The summed E-state index contributed by atoms with van der Waals surface area (Å²) in [5.74, 6) is -0.0478. The van der Waals surface area contributed by atoms with Gasteiger partial charge in [0.25, 0.3) is 0 Å². The fraction of sp³-hybridized carbons (Fsp3) is 0.235. The summed E-state index contributed by atoms with van der Waals surface area (Å²) in [6.07, 6.45) is 0.391. The SMILES string of the molecule is O=C(O)[C@@H]1C[C@@H](Oc2cccc(-c3ccccc3)c2)CN1. The van der Waals surface area contributed by atoms with E-state index < -0.39 is 12.0 Å². The molecule has 1 heterocycles. The Hall–Kier alpha value is -2.33. The van der Waals surface area contributed by atoms with Crippen LogP contribution in [0, 0.1) is 0 Å². The first-order chi connectivity index (χ1) is 10.2. The van der Waals surface area contributed by atoms with Crippen LogP contribution in [0.4, 0.5) is 0 Å². The number of ether oxygens (including phenoxy) is 1. The van der Waals surface area contributed by atoms with Gasteiger partial charge in [-0.15, -0.1) is 0 Å². The molecular weight excluding hydrogens is 266 g/mol. The van der Waals surface area contributed by atoms with Gasteiger partial charge >= 0.3 is 5.97 Å². The molecule has 1 aliphatic rings. The maximum absolute atomic E-state index is 10.9. The summed E-state index contributed by atoms with van der Waals surface area (Å²) in [6.45, 7) is 0.562. The maximum Gasteiger partial charge on any atom is 0.320 e. The first kappa shape index (κ1) is 13.6. The van der Waals surface area contributed by atoms with E-state index >= 15 is 0 Å². The van der Waals surface area contributed by atoms with Gasteiger partial charge in [0, 0.05) is 13.0 Å². The van der Waals surface area contributed by atoms with Crippen molar-refractivity contribution in [3.63, 3.8) is 0 Å². The molecule has 2 N–H and O–H groups in total. The zero-order valence-corrected chi connectivity index (χ0v) is 11.5. The van der Waals surface area contributed by atoms with E-state index in [0.717, 1.165) is 16.9 Å². The molecule has 0 spiro atoms. The van der Waals surface area contributed by atoms with Crippen molar-refractivity contribution in [1.29, 1.82) is 0 Å². The van der Waals surface area contributed by atoms with Crippen molar-refractivity contribution in [2.45, 2.75) is 18.6 Å². The van der Waals surface area contributed by atoms with Crippen LogP contribution in [0.1, 0.15) is 6.42 Å². The van der Waals surface area contributed by atoms with E-state index in [-0.39, 0.29) is 6.10 Å². The first-order valence-corrected chi connectivity index (χ1v) is 7.01. The van der Waals surface area contributed by atoms with Crippen LogP contribution in [0.5, 0.6) is 5.75 Å². The summed E-state index contributed by atoms with van der Waals surface area (Å²) in [4.78, 5) is 10.9. The molecule has 0 saturated carbocycles. The number of carbonyl (C=O) groups is 1. The van der Waals surface area contributed by atoms with Crippen LogP contribution in [0.3, 0.4) is 0 Å². The third-order valence-electron chi connectivity index (χ3n) is 3.63. The number of aliphatic carboxylic acids is 1. The zero-order valence-electron chi connectivity index (χ0n) is 11.5. The van der Waals surface area contributed by atoms with Crippen LogP contribution in [0.15, 0.2) is 54.6 Å². The second-order valence-electron chi connectivity index (χ2n) is 5.17. The van der Waals surface area contributed by atoms with E-state index in [4.69, 9.17) is 9.84 Å². The molecule has 2 aromatic carbocycles. The number of hydrogen-bond donors (Lipinski definition) is 2. The van der Waals surface area contributed by atoms with E-state index in [0.29, 0.717) is 13.0 Å². The monoisotopic (exact) mass is 283 g/mol. The molecule has 108 valence electrons. The molecule has 4 nitrogen and oxygen atoms in total. The Balaban J connectivity index is 1.71. The summed E-state index contributed by atoms with van der Waals surface area (Å²) in [5, 5.41) is 11.9. The van der Waals surface area contributed by atoms with E-state index in [9.17, 15) is 4.79 Å². The first-order valence-electron chi connectivity index (χ1n) is 7.01. The molecule has 0 radical (unpaired) electrons. The van der Waals surface area contributed by atoms with Crippen LogP contribution in [0.25, 0.3) is 11.1 Å². The van der Waals surface area contributed by atoms with Gasteiger partial charge < -0.3 is 15.2 Å². The minimum atomic E-state index is -0.820. The summed E-state index contributed by atoms with van der Waals surface area (Å²) in [6, 6.07) is 17.5. The fourth-order valence-electron chi connectivity index (χ4n) is 2.55. The highest BCUT2D eigenvalue weighted by atomic mass is 16.5. The normalized spacial score (nSPS) is 21.1. The summed E-state index contributed by atoms with van der Waals surface area (Å²) in [7, 11) is 0. The van der Waals surface area contributed by atoms with Crippen molar-refractivity contribution in [3.05, 3.63) is 54.6 Å². The number of nitrogens with one attached hydrogen (secondary N) is 1. The molecule has 0 bridgehead atoms. The molecule has 21 heavy (non-hydrogen) atoms. The molecule has 1 fully saturated rings. The number of carboxylic acids is 1. The Morgan fingerprint density at radius 3 is 2.57 bits per heavy atom. The summed E-state index contributed by atoms with van der Waals surface area (Å²) >= 11 is 0. The Morgan fingerprint density at radius 2 is 1.86 bits per heavy atom. The second kappa shape index (κ2) is 5.97. The van der Waals surface area contributed by atoms with E-state index in [1.54, 1.807) is 0 Å². The average Bonchev–Trinajstić information content (AvgIpc) is 2.97. The van der Waals surface area contributed by atoms with Gasteiger partial charge in [-0.1, -0.05) is 42.5 Å². The highest BCUT2D eigenvalue weighted by Gasteiger charge is 2.30. The van der Waals surface area contributed by atoms with Crippen molar-refractivity contribution in [2.24, 2.45) is 0 Å². The predicted octanol–water partition coefficient (Wildman–Crippen LogP) is 2.55. The molecule has 3 rings (SSSR count).